The normalized spacial score (nSPS) is 18.3. The second-order valence-electron chi connectivity index (χ2n) is 5.65. The van der Waals surface area contributed by atoms with Crippen molar-refractivity contribution in [3.05, 3.63) is 40.7 Å². The van der Waals surface area contributed by atoms with Gasteiger partial charge in [0.2, 0.25) is 0 Å². The predicted octanol–water partition coefficient (Wildman–Crippen LogP) is 3.15. The van der Waals surface area contributed by atoms with Crippen LogP contribution >= 0.6 is 0 Å². The molecule has 0 bridgehead atoms. The largest absolute Gasteiger partial charge is 0.376 e. The lowest BCUT2D eigenvalue weighted by molar-refractivity contribution is -0.383. The molecule has 1 aliphatic rings. The summed E-state index contributed by atoms with van der Waals surface area (Å²) in [4.78, 5) is 16.9. The molecule has 0 aliphatic carbocycles. The summed E-state index contributed by atoms with van der Waals surface area (Å²) in [6.45, 7) is 1.61. The Kier molecular flexibility index (Phi) is 4.20. The summed E-state index contributed by atoms with van der Waals surface area (Å²) in [7, 11) is 2.00. The fraction of sp³-hybridized carbons (Fsp3) is 0.438. The minimum Gasteiger partial charge on any atom is -0.376 e. The third-order valence-corrected chi connectivity index (χ3v) is 4.13. The highest BCUT2D eigenvalue weighted by molar-refractivity contribution is 5.99. The van der Waals surface area contributed by atoms with Crippen LogP contribution in [-0.4, -0.2) is 36.2 Å². The van der Waals surface area contributed by atoms with Crippen molar-refractivity contribution >= 4 is 22.1 Å². The van der Waals surface area contributed by atoms with Crippen molar-refractivity contribution in [1.29, 1.82) is 0 Å². The maximum absolute atomic E-state index is 11.2. The summed E-state index contributed by atoms with van der Waals surface area (Å²) in [5.41, 5.74) is 1.06. The number of non-ortho nitro benzene ring substituents is 1. The van der Waals surface area contributed by atoms with Gasteiger partial charge in [0, 0.05) is 49.7 Å². The van der Waals surface area contributed by atoms with Gasteiger partial charge in [-0.05, 0) is 31.4 Å². The standard InChI is InChI=1S/C16H19N3O3/c1-18(11-12-4-2-3-9-22-12)15-5-6-16(19(20)21)14-10-17-8-7-13(14)15/h5-8,10,12H,2-4,9,11H2,1H3. The van der Waals surface area contributed by atoms with Gasteiger partial charge in [-0.1, -0.05) is 0 Å². The molecule has 2 heterocycles. The first-order chi connectivity index (χ1) is 10.7. The van der Waals surface area contributed by atoms with Crippen LogP contribution in [0.25, 0.3) is 10.8 Å². The molecule has 0 amide bonds. The third-order valence-electron chi connectivity index (χ3n) is 4.13. The molecule has 22 heavy (non-hydrogen) atoms. The van der Waals surface area contributed by atoms with E-state index < -0.39 is 0 Å². The number of nitro groups is 1. The van der Waals surface area contributed by atoms with Crippen LogP contribution in [0.4, 0.5) is 11.4 Å². The Labute approximate surface area is 128 Å². The van der Waals surface area contributed by atoms with Gasteiger partial charge in [-0.2, -0.15) is 0 Å². The first-order valence-electron chi connectivity index (χ1n) is 7.50. The van der Waals surface area contributed by atoms with Crippen molar-refractivity contribution in [2.24, 2.45) is 0 Å². The van der Waals surface area contributed by atoms with Crippen molar-refractivity contribution in [3.8, 4) is 0 Å². The van der Waals surface area contributed by atoms with Gasteiger partial charge < -0.3 is 9.64 Å². The highest BCUT2D eigenvalue weighted by atomic mass is 16.6. The van der Waals surface area contributed by atoms with Crippen molar-refractivity contribution in [2.45, 2.75) is 25.4 Å². The molecular formula is C16H19N3O3. The summed E-state index contributed by atoms with van der Waals surface area (Å²) in [6, 6.07) is 5.19. The summed E-state index contributed by atoms with van der Waals surface area (Å²) in [5, 5.41) is 12.6. The lowest BCUT2D eigenvalue weighted by Crippen LogP contribution is -2.33. The molecule has 2 aromatic rings. The first kappa shape index (κ1) is 14.7. The lowest BCUT2D eigenvalue weighted by Gasteiger charge is -2.29. The van der Waals surface area contributed by atoms with Gasteiger partial charge in [0.05, 0.1) is 16.4 Å². The summed E-state index contributed by atoms with van der Waals surface area (Å²) < 4.78 is 5.78. The second kappa shape index (κ2) is 6.27. The molecule has 1 unspecified atom stereocenters. The van der Waals surface area contributed by atoms with E-state index in [0.717, 1.165) is 37.1 Å². The van der Waals surface area contributed by atoms with Crippen LogP contribution in [0.2, 0.25) is 0 Å². The van der Waals surface area contributed by atoms with E-state index in [0.29, 0.717) is 5.39 Å². The monoisotopic (exact) mass is 301 g/mol. The zero-order chi connectivity index (χ0) is 15.5. The Morgan fingerprint density at radius 1 is 1.36 bits per heavy atom. The number of nitrogens with zero attached hydrogens (tertiary/aromatic N) is 3. The number of ether oxygens (including phenoxy) is 1. The molecule has 1 atom stereocenters. The van der Waals surface area contributed by atoms with Gasteiger partial charge >= 0.3 is 0 Å². The minimum atomic E-state index is -0.363. The van der Waals surface area contributed by atoms with Crippen LogP contribution in [0.15, 0.2) is 30.6 Å². The number of likely N-dealkylation sites (N-methyl/N-ethyl adjacent to an activating group) is 1. The third kappa shape index (κ3) is 2.87. The molecule has 6 heteroatoms. The highest BCUT2D eigenvalue weighted by Gasteiger charge is 2.20. The van der Waals surface area contributed by atoms with Gasteiger partial charge in [-0.25, -0.2) is 0 Å². The molecule has 0 saturated carbocycles. The fourth-order valence-corrected chi connectivity index (χ4v) is 3.01. The van der Waals surface area contributed by atoms with Crippen molar-refractivity contribution in [3.63, 3.8) is 0 Å². The zero-order valence-corrected chi connectivity index (χ0v) is 12.6. The molecule has 3 rings (SSSR count). The van der Waals surface area contributed by atoms with Gasteiger partial charge in [0.1, 0.15) is 0 Å². The van der Waals surface area contributed by atoms with Crippen LogP contribution in [0.5, 0.6) is 0 Å². The maximum atomic E-state index is 11.2. The van der Waals surface area contributed by atoms with Crippen LogP contribution in [0, 0.1) is 10.1 Å². The van der Waals surface area contributed by atoms with E-state index >= 15 is 0 Å². The van der Waals surface area contributed by atoms with E-state index in [2.05, 4.69) is 9.88 Å². The number of pyridine rings is 1. The van der Waals surface area contributed by atoms with Gasteiger partial charge in [-0.3, -0.25) is 15.1 Å². The molecule has 6 nitrogen and oxygen atoms in total. The van der Waals surface area contributed by atoms with Crippen LogP contribution in [-0.2, 0) is 4.74 Å². The van der Waals surface area contributed by atoms with Crippen molar-refractivity contribution in [1.82, 2.24) is 4.98 Å². The number of nitro benzene ring substituents is 1. The molecule has 1 fully saturated rings. The number of hydrogen-bond donors (Lipinski definition) is 0. The zero-order valence-electron chi connectivity index (χ0n) is 12.6. The highest BCUT2D eigenvalue weighted by Crippen LogP contribution is 2.32. The second-order valence-corrected chi connectivity index (χ2v) is 5.65. The van der Waals surface area contributed by atoms with Crippen molar-refractivity contribution in [2.75, 3.05) is 25.1 Å². The molecule has 1 aliphatic heterocycles. The predicted molar refractivity (Wildman–Crippen MR) is 85.3 cm³/mol. The van der Waals surface area contributed by atoms with E-state index in [-0.39, 0.29) is 16.7 Å². The number of aromatic nitrogens is 1. The SMILES string of the molecule is CN(CC1CCCCO1)c1ccc([N+](=O)[O-])c2cnccc12. The van der Waals surface area contributed by atoms with Gasteiger partial charge in [-0.15, -0.1) is 0 Å². The fourth-order valence-electron chi connectivity index (χ4n) is 3.01. The first-order valence-corrected chi connectivity index (χ1v) is 7.50. The van der Waals surface area contributed by atoms with Crippen LogP contribution < -0.4 is 4.90 Å². The van der Waals surface area contributed by atoms with E-state index in [4.69, 9.17) is 4.74 Å². The van der Waals surface area contributed by atoms with E-state index in [1.807, 2.05) is 19.2 Å². The molecule has 1 saturated heterocycles. The van der Waals surface area contributed by atoms with Crippen molar-refractivity contribution < 1.29 is 9.66 Å². The smallest absolute Gasteiger partial charge is 0.278 e. The summed E-state index contributed by atoms with van der Waals surface area (Å²) in [6.07, 6.45) is 6.85. The maximum Gasteiger partial charge on any atom is 0.278 e. The Balaban J connectivity index is 1.93. The van der Waals surface area contributed by atoms with Gasteiger partial charge in [0.15, 0.2) is 0 Å². The molecule has 1 aromatic heterocycles. The van der Waals surface area contributed by atoms with Crippen LogP contribution in [0.3, 0.4) is 0 Å². The van der Waals surface area contributed by atoms with E-state index in [1.54, 1.807) is 18.5 Å². The Hall–Kier alpha value is -2.21. The lowest BCUT2D eigenvalue weighted by atomic mass is 10.1. The Bertz CT molecular complexity index is 683. The number of anilines is 1. The molecule has 0 spiro atoms. The molecule has 116 valence electrons. The number of benzene rings is 1. The van der Waals surface area contributed by atoms with E-state index in [9.17, 15) is 10.1 Å². The van der Waals surface area contributed by atoms with Gasteiger partial charge in [0.25, 0.3) is 5.69 Å². The average molecular weight is 301 g/mol. The summed E-state index contributed by atoms with van der Waals surface area (Å²) in [5.74, 6) is 0. The molecule has 0 N–H and O–H groups in total. The van der Waals surface area contributed by atoms with E-state index in [1.165, 1.54) is 6.42 Å². The Morgan fingerprint density at radius 2 is 2.23 bits per heavy atom. The minimum absolute atomic E-state index is 0.0918. The number of hydrogen-bond acceptors (Lipinski definition) is 5. The molecular weight excluding hydrogens is 282 g/mol. The molecule has 1 aromatic carbocycles. The number of rotatable bonds is 4. The topological polar surface area (TPSA) is 68.5 Å². The molecule has 0 radical (unpaired) electrons. The quantitative estimate of drug-likeness (QED) is 0.641. The Morgan fingerprint density at radius 3 is 2.95 bits per heavy atom. The number of fused-ring (bicyclic) bond motifs is 1. The average Bonchev–Trinajstić information content (AvgIpc) is 2.54. The van der Waals surface area contributed by atoms with Crippen LogP contribution in [0.1, 0.15) is 19.3 Å². The summed E-state index contributed by atoms with van der Waals surface area (Å²) >= 11 is 0.